The van der Waals surface area contributed by atoms with Crippen LogP contribution in [-0.4, -0.2) is 36.2 Å². The SMILES string of the molecule is CCC(C)(O)CNC(C)C(=O)NC. The summed E-state index contributed by atoms with van der Waals surface area (Å²) in [4.78, 5) is 11.1. The Kier molecular flexibility index (Phi) is 4.95. The summed E-state index contributed by atoms with van der Waals surface area (Å²) in [5.74, 6) is -0.0631. The second kappa shape index (κ2) is 5.19. The molecule has 0 rings (SSSR count). The van der Waals surface area contributed by atoms with Gasteiger partial charge in [-0.15, -0.1) is 0 Å². The van der Waals surface area contributed by atoms with Crippen LogP contribution in [0.5, 0.6) is 0 Å². The number of amides is 1. The van der Waals surface area contributed by atoms with Crippen LogP contribution in [0.2, 0.25) is 0 Å². The van der Waals surface area contributed by atoms with Crippen LogP contribution in [0, 0.1) is 0 Å². The van der Waals surface area contributed by atoms with E-state index in [4.69, 9.17) is 0 Å². The zero-order valence-electron chi connectivity index (χ0n) is 8.85. The van der Waals surface area contributed by atoms with E-state index in [1.165, 1.54) is 0 Å². The third kappa shape index (κ3) is 4.85. The first-order chi connectivity index (χ1) is 5.93. The number of rotatable bonds is 5. The lowest BCUT2D eigenvalue weighted by atomic mass is 10.0. The molecule has 0 aliphatic rings. The molecule has 0 aromatic rings. The Labute approximate surface area is 79.7 Å². The third-order valence-corrected chi connectivity index (χ3v) is 2.19. The number of carbonyl (C=O) groups excluding carboxylic acids is 1. The maximum absolute atomic E-state index is 11.1. The van der Waals surface area contributed by atoms with Gasteiger partial charge in [0.1, 0.15) is 0 Å². The molecule has 0 radical (unpaired) electrons. The Morgan fingerprint density at radius 1 is 1.62 bits per heavy atom. The van der Waals surface area contributed by atoms with Crippen LogP contribution in [0.1, 0.15) is 27.2 Å². The van der Waals surface area contributed by atoms with Gasteiger partial charge in [0.15, 0.2) is 0 Å². The average molecular weight is 188 g/mol. The first kappa shape index (κ1) is 12.4. The van der Waals surface area contributed by atoms with E-state index < -0.39 is 5.60 Å². The van der Waals surface area contributed by atoms with Gasteiger partial charge >= 0.3 is 0 Å². The summed E-state index contributed by atoms with van der Waals surface area (Å²) in [6.45, 7) is 5.85. The molecule has 0 saturated carbocycles. The number of hydrogen-bond donors (Lipinski definition) is 3. The smallest absolute Gasteiger partial charge is 0.236 e. The molecule has 0 aliphatic carbocycles. The highest BCUT2D eigenvalue weighted by atomic mass is 16.3. The highest BCUT2D eigenvalue weighted by Crippen LogP contribution is 2.06. The van der Waals surface area contributed by atoms with Gasteiger partial charge in [0.2, 0.25) is 5.91 Å². The fourth-order valence-electron chi connectivity index (χ4n) is 0.807. The van der Waals surface area contributed by atoms with E-state index in [1.807, 2.05) is 6.92 Å². The molecule has 2 atom stereocenters. The van der Waals surface area contributed by atoms with Crippen LogP contribution < -0.4 is 10.6 Å². The van der Waals surface area contributed by atoms with Crippen molar-refractivity contribution < 1.29 is 9.90 Å². The summed E-state index contributed by atoms with van der Waals surface area (Å²) in [5.41, 5.74) is -0.734. The Hall–Kier alpha value is -0.610. The standard InChI is InChI=1S/C9H20N2O2/c1-5-9(3,13)6-11-7(2)8(12)10-4/h7,11,13H,5-6H2,1-4H3,(H,10,12). The normalized spacial score (nSPS) is 17.6. The van der Waals surface area contributed by atoms with Crippen LogP contribution in [0.15, 0.2) is 0 Å². The maximum Gasteiger partial charge on any atom is 0.236 e. The molecule has 0 heterocycles. The minimum atomic E-state index is -0.734. The van der Waals surface area contributed by atoms with Crippen LogP contribution in [0.4, 0.5) is 0 Å². The minimum absolute atomic E-state index is 0.0631. The molecule has 3 N–H and O–H groups in total. The lowest BCUT2D eigenvalue weighted by Gasteiger charge is -2.23. The monoisotopic (exact) mass is 188 g/mol. The topological polar surface area (TPSA) is 61.4 Å². The fraction of sp³-hybridized carbons (Fsp3) is 0.889. The van der Waals surface area contributed by atoms with Gasteiger partial charge in [-0.25, -0.2) is 0 Å². The van der Waals surface area contributed by atoms with Crippen LogP contribution in [0.3, 0.4) is 0 Å². The van der Waals surface area contributed by atoms with Gasteiger partial charge in [-0.3, -0.25) is 4.79 Å². The van der Waals surface area contributed by atoms with E-state index >= 15 is 0 Å². The highest BCUT2D eigenvalue weighted by Gasteiger charge is 2.19. The summed E-state index contributed by atoms with van der Waals surface area (Å²) in [7, 11) is 1.60. The highest BCUT2D eigenvalue weighted by molar-refractivity contribution is 5.80. The summed E-state index contributed by atoms with van der Waals surface area (Å²) in [6.07, 6.45) is 0.667. The Morgan fingerprint density at radius 3 is 2.54 bits per heavy atom. The van der Waals surface area contributed by atoms with Crippen LogP contribution in [-0.2, 0) is 4.79 Å². The van der Waals surface area contributed by atoms with Crippen molar-refractivity contribution in [3.8, 4) is 0 Å². The molecule has 78 valence electrons. The first-order valence-electron chi connectivity index (χ1n) is 4.60. The molecule has 0 aromatic heterocycles. The molecule has 1 amide bonds. The molecule has 0 bridgehead atoms. The van der Waals surface area contributed by atoms with Gasteiger partial charge in [-0.2, -0.15) is 0 Å². The number of likely N-dealkylation sites (N-methyl/N-ethyl adjacent to an activating group) is 1. The van der Waals surface area contributed by atoms with Crippen molar-refractivity contribution in [1.82, 2.24) is 10.6 Å². The van der Waals surface area contributed by atoms with Crippen molar-refractivity contribution in [3.05, 3.63) is 0 Å². The summed E-state index contributed by atoms with van der Waals surface area (Å²) < 4.78 is 0. The van der Waals surface area contributed by atoms with Crippen molar-refractivity contribution in [2.75, 3.05) is 13.6 Å². The molecular formula is C9H20N2O2. The maximum atomic E-state index is 11.1. The lowest BCUT2D eigenvalue weighted by molar-refractivity contribution is -0.122. The Morgan fingerprint density at radius 2 is 2.15 bits per heavy atom. The van der Waals surface area contributed by atoms with Gasteiger partial charge in [0.25, 0.3) is 0 Å². The van der Waals surface area contributed by atoms with Gasteiger partial charge < -0.3 is 15.7 Å². The predicted molar refractivity (Wildman–Crippen MR) is 52.4 cm³/mol. The van der Waals surface area contributed by atoms with E-state index in [1.54, 1.807) is 20.9 Å². The molecule has 0 saturated heterocycles. The average Bonchev–Trinajstić information content (AvgIpc) is 2.13. The molecule has 2 unspecified atom stereocenters. The second-order valence-electron chi connectivity index (χ2n) is 3.57. The van der Waals surface area contributed by atoms with E-state index in [0.717, 1.165) is 0 Å². The molecule has 0 fully saturated rings. The van der Waals surface area contributed by atoms with Crippen LogP contribution in [0.25, 0.3) is 0 Å². The Bertz CT molecular complexity index is 169. The van der Waals surface area contributed by atoms with Crippen molar-refractivity contribution in [2.45, 2.75) is 38.8 Å². The summed E-state index contributed by atoms with van der Waals surface area (Å²) in [6, 6.07) is -0.261. The third-order valence-electron chi connectivity index (χ3n) is 2.19. The number of hydrogen-bond acceptors (Lipinski definition) is 3. The van der Waals surface area contributed by atoms with Gasteiger partial charge in [0.05, 0.1) is 11.6 Å². The molecule has 0 aliphatic heterocycles. The molecular weight excluding hydrogens is 168 g/mol. The van der Waals surface area contributed by atoms with Gasteiger partial charge in [-0.1, -0.05) is 6.92 Å². The number of nitrogens with one attached hydrogen (secondary N) is 2. The van der Waals surface area contributed by atoms with Crippen molar-refractivity contribution in [1.29, 1.82) is 0 Å². The Balaban J connectivity index is 3.82. The fourth-order valence-corrected chi connectivity index (χ4v) is 0.807. The van der Waals surface area contributed by atoms with E-state index in [0.29, 0.717) is 13.0 Å². The lowest BCUT2D eigenvalue weighted by Crippen LogP contribution is -2.47. The van der Waals surface area contributed by atoms with E-state index in [2.05, 4.69) is 10.6 Å². The quantitative estimate of drug-likeness (QED) is 0.563. The largest absolute Gasteiger partial charge is 0.389 e. The zero-order valence-corrected chi connectivity index (χ0v) is 8.85. The zero-order chi connectivity index (χ0) is 10.5. The predicted octanol–water partition coefficient (Wildman–Crippen LogP) is -0.128. The van der Waals surface area contributed by atoms with Crippen molar-refractivity contribution >= 4 is 5.91 Å². The molecule has 0 aromatic carbocycles. The molecule has 13 heavy (non-hydrogen) atoms. The van der Waals surface area contributed by atoms with Gasteiger partial charge in [0, 0.05) is 13.6 Å². The van der Waals surface area contributed by atoms with Crippen LogP contribution >= 0.6 is 0 Å². The summed E-state index contributed by atoms with van der Waals surface area (Å²) >= 11 is 0. The van der Waals surface area contributed by atoms with E-state index in [9.17, 15) is 9.90 Å². The summed E-state index contributed by atoms with van der Waals surface area (Å²) in [5, 5.41) is 15.1. The number of aliphatic hydroxyl groups is 1. The first-order valence-corrected chi connectivity index (χ1v) is 4.60. The van der Waals surface area contributed by atoms with Crippen molar-refractivity contribution in [3.63, 3.8) is 0 Å². The molecule has 4 heteroatoms. The van der Waals surface area contributed by atoms with Gasteiger partial charge in [-0.05, 0) is 20.3 Å². The van der Waals surface area contributed by atoms with E-state index in [-0.39, 0.29) is 11.9 Å². The molecule has 4 nitrogen and oxygen atoms in total. The van der Waals surface area contributed by atoms with Crippen molar-refractivity contribution in [2.24, 2.45) is 0 Å². The second-order valence-corrected chi connectivity index (χ2v) is 3.57. The number of carbonyl (C=O) groups is 1. The molecule has 0 spiro atoms. The minimum Gasteiger partial charge on any atom is -0.389 e.